The summed E-state index contributed by atoms with van der Waals surface area (Å²) in [5, 5.41) is 19.7. The van der Waals surface area contributed by atoms with Gasteiger partial charge >= 0.3 is 5.97 Å². The fourth-order valence-electron chi connectivity index (χ4n) is 1.18. The Hall–Kier alpha value is -1.35. The third-order valence-corrected chi connectivity index (χ3v) is 4.26. The highest BCUT2D eigenvalue weighted by Crippen LogP contribution is 2.25. The van der Waals surface area contributed by atoms with E-state index >= 15 is 0 Å². The van der Waals surface area contributed by atoms with Gasteiger partial charge in [0.1, 0.15) is 6.04 Å². The predicted octanol–water partition coefficient (Wildman–Crippen LogP) is 0.993. The number of hydrogen-bond donors (Lipinski definition) is 2. The van der Waals surface area contributed by atoms with Crippen LogP contribution in [0.25, 0.3) is 0 Å². The van der Waals surface area contributed by atoms with Gasteiger partial charge in [0.25, 0.3) is 0 Å². The summed E-state index contributed by atoms with van der Waals surface area (Å²) in [6.45, 7) is 4.29. The number of amides is 1. The van der Waals surface area contributed by atoms with Crippen LogP contribution in [0.5, 0.6) is 0 Å². The van der Waals surface area contributed by atoms with E-state index in [2.05, 4.69) is 15.5 Å². The van der Waals surface area contributed by atoms with E-state index in [1.165, 1.54) is 11.3 Å². The van der Waals surface area contributed by atoms with Crippen LogP contribution in [0, 0.1) is 0 Å². The SMILES string of the molecule is CCN(C)C(=O)C(C)Nc1nnc(SCC(=O)O)s1. The van der Waals surface area contributed by atoms with Crippen molar-refractivity contribution in [2.24, 2.45) is 0 Å². The lowest BCUT2D eigenvalue weighted by molar-refractivity contribution is -0.134. The Bertz CT molecular complexity index is 452. The molecule has 0 saturated heterocycles. The van der Waals surface area contributed by atoms with Gasteiger partial charge in [-0.25, -0.2) is 0 Å². The minimum absolute atomic E-state index is 0.0301. The number of carboxylic acid groups (broad SMARTS) is 1. The molecule has 19 heavy (non-hydrogen) atoms. The second kappa shape index (κ2) is 7.29. The normalized spacial score (nSPS) is 11.9. The molecule has 106 valence electrons. The molecule has 0 radical (unpaired) electrons. The Morgan fingerprint density at radius 1 is 1.53 bits per heavy atom. The van der Waals surface area contributed by atoms with E-state index < -0.39 is 12.0 Å². The molecule has 1 rings (SSSR count). The number of carbonyl (C=O) groups is 2. The molecule has 0 bridgehead atoms. The van der Waals surface area contributed by atoms with Gasteiger partial charge in [0.15, 0.2) is 4.34 Å². The third-order valence-electron chi connectivity index (χ3n) is 2.29. The minimum atomic E-state index is -0.900. The molecule has 9 heteroatoms. The second-order valence-electron chi connectivity index (χ2n) is 3.77. The summed E-state index contributed by atoms with van der Waals surface area (Å²) in [7, 11) is 1.73. The number of thioether (sulfide) groups is 1. The van der Waals surface area contributed by atoms with Crippen LogP contribution >= 0.6 is 23.1 Å². The number of carboxylic acids is 1. The molecule has 1 amide bonds. The Morgan fingerprint density at radius 2 is 2.21 bits per heavy atom. The van der Waals surface area contributed by atoms with Crippen LogP contribution in [0.1, 0.15) is 13.8 Å². The van der Waals surface area contributed by atoms with E-state index in [1.54, 1.807) is 18.9 Å². The number of rotatable bonds is 7. The van der Waals surface area contributed by atoms with Crippen molar-refractivity contribution in [3.8, 4) is 0 Å². The molecule has 1 heterocycles. The van der Waals surface area contributed by atoms with Crippen LogP contribution in [-0.2, 0) is 9.59 Å². The van der Waals surface area contributed by atoms with Gasteiger partial charge < -0.3 is 15.3 Å². The number of anilines is 1. The highest BCUT2D eigenvalue weighted by atomic mass is 32.2. The maximum Gasteiger partial charge on any atom is 0.313 e. The van der Waals surface area contributed by atoms with Crippen molar-refractivity contribution in [3.05, 3.63) is 0 Å². The monoisotopic (exact) mass is 304 g/mol. The standard InChI is InChI=1S/C10H16N4O3S2/c1-4-14(3)8(17)6(2)11-9-12-13-10(19-9)18-5-7(15)16/h6H,4-5H2,1-3H3,(H,11,12)(H,15,16). The summed E-state index contributed by atoms with van der Waals surface area (Å²) >= 11 is 2.34. The summed E-state index contributed by atoms with van der Waals surface area (Å²) in [4.78, 5) is 23.9. The number of nitrogens with zero attached hydrogens (tertiary/aromatic N) is 3. The molecule has 0 aliphatic rings. The molecule has 0 aromatic carbocycles. The number of aliphatic carboxylic acids is 1. The number of carbonyl (C=O) groups excluding carboxylic acids is 1. The zero-order valence-corrected chi connectivity index (χ0v) is 12.5. The van der Waals surface area contributed by atoms with Crippen LogP contribution in [0.15, 0.2) is 4.34 Å². The molecule has 0 spiro atoms. The molecule has 7 nitrogen and oxygen atoms in total. The van der Waals surface area contributed by atoms with Crippen molar-refractivity contribution in [2.45, 2.75) is 24.2 Å². The molecule has 0 saturated carbocycles. The first-order valence-electron chi connectivity index (χ1n) is 5.63. The van der Waals surface area contributed by atoms with Crippen molar-refractivity contribution < 1.29 is 14.7 Å². The van der Waals surface area contributed by atoms with Crippen LogP contribution in [0.2, 0.25) is 0 Å². The maximum absolute atomic E-state index is 11.8. The summed E-state index contributed by atoms with van der Waals surface area (Å²) in [5.41, 5.74) is 0. The second-order valence-corrected chi connectivity index (χ2v) is 5.97. The maximum atomic E-state index is 11.8. The fourth-order valence-corrected chi connectivity index (χ4v) is 2.74. The van der Waals surface area contributed by atoms with E-state index in [9.17, 15) is 9.59 Å². The van der Waals surface area contributed by atoms with E-state index in [0.717, 1.165) is 11.8 Å². The Kier molecular flexibility index (Phi) is 6.03. The summed E-state index contributed by atoms with van der Waals surface area (Å²) in [6, 6.07) is -0.393. The van der Waals surface area contributed by atoms with Gasteiger partial charge in [0, 0.05) is 13.6 Å². The zero-order valence-electron chi connectivity index (χ0n) is 10.9. The Morgan fingerprint density at radius 3 is 2.79 bits per heavy atom. The molecule has 1 aromatic heterocycles. The van der Waals surface area contributed by atoms with Crippen molar-refractivity contribution in [1.29, 1.82) is 0 Å². The molecule has 2 N–H and O–H groups in total. The van der Waals surface area contributed by atoms with E-state index in [0.29, 0.717) is 16.0 Å². The molecular formula is C10H16N4O3S2. The van der Waals surface area contributed by atoms with E-state index in [4.69, 9.17) is 5.11 Å². The van der Waals surface area contributed by atoms with Crippen LogP contribution < -0.4 is 5.32 Å². The van der Waals surface area contributed by atoms with Gasteiger partial charge in [0.05, 0.1) is 5.75 Å². The lowest BCUT2D eigenvalue weighted by Crippen LogP contribution is -2.38. The van der Waals surface area contributed by atoms with Crippen molar-refractivity contribution in [1.82, 2.24) is 15.1 Å². The quantitative estimate of drug-likeness (QED) is 0.725. The molecule has 1 atom stereocenters. The molecule has 0 fully saturated rings. The lowest BCUT2D eigenvalue weighted by atomic mass is 10.3. The average molecular weight is 304 g/mol. The topological polar surface area (TPSA) is 95.4 Å². The van der Waals surface area contributed by atoms with Gasteiger partial charge in [-0.2, -0.15) is 0 Å². The van der Waals surface area contributed by atoms with Crippen molar-refractivity contribution in [2.75, 3.05) is 24.7 Å². The summed E-state index contributed by atoms with van der Waals surface area (Å²) in [5.74, 6) is -0.984. The van der Waals surface area contributed by atoms with Crippen LogP contribution in [0.3, 0.4) is 0 Å². The van der Waals surface area contributed by atoms with Crippen LogP contribution in [-0.4, -0.2) is 57.5 Å². The van der Waals surface area contributed by atoms with Crippen molar-refractivity contribution >= 4 is 40.1 Å². The Balaban J connectivity index is 2.53. The number of likely N-dealkylation sites (N-methyl/N-ethyl adjacent to an activating group) is 1. The smallest absolute Gasteiger partial charge is 0.313 e. The molecule has 1 aromatic rings. The van der Waals surface area contributed by atoms with Crippen molar-refractivity contribution in [3.63, 3.8) is 0 Å². The molecule has 0 aliphatic carbocycles. The molecule has 1 unspecified atom stereocenters. The summed E-state index contributed by atoms with van der Waals surface area (Å²) < 4.78 is 0.563. The van der Waals surface area contributed by atoms with Gasteiger partial charge in [-0.05, 0) is 13.8 Å². The van der Waals surface area contributed by atoms with E-state index in [-0.39, 0.29) is 11.7 Å². The number of nitrogens with one attached hydrogen (secondary N) is 1. The van der Waals surface area contributed by atoms with Gasteiger partial charge in [-0.3, -0.25) is 9.59 Å². The van der Waals surface area contributed by atoms with Gasteiger partial charge in [-0.15, -0.1) is 10.2 Å². The lowest BCUT2D eigenvalue weighted by Gasteiger charge is -2.19. The molecular weight excluding hydrogens is 288 g/mol. The summed E-state index contributed by atoms with van der Waals surface area (Å²) in [6.07, 6.45) is 0. The average Bonchev–Trinajstić information content (AvgIpc) is 2.82. The zero-order chi connectivity index (χ0) is 14.4. The Labute approximate surface area is 119 Å². The first-order chi connectivity index (χ1) is 8.93. The first-order valence-corrected chi connectivity index (χ1v) is 7.43. The molecule has 0 aliphatic heterocycles. The third kappa shape index (κ3) is 5.03. The number of hydrogen-bond acceptors (Lipinski definition) is 7. The minimum Gasteiger partial charge on any atom is -0.481 e. The van der Waals surface area contributed by atoms with Gasteiger partial charge in [0.2, 0.25) is 11.0 Å². The fraction of sp³-hybridized carbons (Fsp3) is 0.600. The van der Waals surface area contributed by atoms with Gasteiger partial charge in [-0.1, -0.05) is 23.1 Å². The predicted molar refractivity (Wildman–Crippen MR) is 74.7 cm³/mol. The largest absolute Gasteiger partial charge is 0.481 e. The highest BCUT2D eigenvalue weighted by molar-refractivity contribution is 8.01. The highest BCUT2D eigenvalue weighted by Gasteiger charge is 2.18. The number of aromatic nitrogens is 2. The van der Waals surface area contributed by atoms with E-state index in [1.807, 2.05) is 6.92 Å². The van der Waals surface area contributed by atoms with Crippen LogP contribution in [0.4, 0.5) is 5.13 Å². The first kappa shape index (κ1) is 15.7.